The maximum absolute atomic E-state index is 12.9. The topological polar surface area (TPSA) is 41.9 Å². The monoisotopic (exact) mass is 496 g/mol. The minimum Gasteiger partial charge on any atom is -0.353 e. The van der Waals surface area contributed by atoms with Crippen LogP contribution in [0.2, 0.25) is 10.2 Å². The average Bonchev–Trinajstić information content (AvgIpc) is 3.06. The van der Waals surface area contributed by atoms with Gasteiger partial charge in [-0.1, -0.05) is 35.3 Å². The minimum atomic E-state index is -4.55. The van der Waals surface area contributed by atoms with Crippen LogP contribution in [0.5, 0.6) is 0 Å². The molecule has 0 radical (unpaired) electrons. The third-order valence-corrected chi connectivity index (χ3v) is 6.13. The molecule has 4 nitrogen and oxygen atoms in total. The van der Waals surface area contributed by atoms with Gasteiger partial charge in [0.1, 0.15) is 5.69 Å². The Balaban J connectivity index is 1.69. The van der Waals surface area contributed by atoms with Crippen molar-refractivity contribution in [2.75, 3.05) is 12.4 Å². The SMILES string of the molecule is CNCc1cn(Sc2cccc(Cl)c2)c2cc(Nc3ccc(C(F)(F)F)nc3Cl)ccc12. The van der Waals surface area contributed by atoms with Crippen LogP contribution in [0.1, 0.15) is 11.3 Å². The minimum absolute atomic E-state index is 0.250. The third-order valence-electron chi connectivity index (χ3n) is 4.64. The summed E-state index contributed by atoms with van der Waals surface area (Å²) in [6.07, 6.45) is -2.51. The van der Waals surface area contributed by atoms with E-state index in [1.807, 2.05) is 59.7 Å². The largest absolute Gasteiger partial charge is 0.433 e. The van der Waals surface area contributed by atoms with E-state index in [2.05, 4.69) is 15.6 Å². The lowest BCUT2D eigenvalue weighted by Gasteiger charge is -2.12. The normalized spacial score (nSPS) is 11.8. The van der Waals surface area contributed by atoms with Crippen molar-refractivity contribution >= 4 is 57.4 Å². The molecule has 0 unspecified atom stereocenters. The Hall–Kier alpha value is -2.39. The summed E-state index contributed by atoms with van der Waals surface area (Å²) in [4.78, 5) is 4.43. The van der Waals surface area contributed by atoms with E-state index in [-0.39, 0.29) is 10.8 Å². The molecule has 2 aromatic carbocycles. The van der Waals surface area contributed by atoms with Crippen molar-refractivity contribution in [3.05, 3.63) is 82.2 Å². The molecular formula is C22H17Cl2F3N4S. The van der Waals surface area contributed by atoms with Gasteiger partial charge in [0.2, 0.25) is 0 Å². The van der Waals surface area contributed by atoms with E-state index in [0.717, 1.165) is 27.4 Å². The third kappa shape index (κ3) is 4.99. The summed E-state index contributed by atoms with van der Waals surface area (Å²) in [6.45, 7) is 0.682. The molecule has 0 aliphatic heterocycles. The Morgan fingerprint density at radius 1 is 1.06 bits per heavy atom. The fourth-order valence-electron chi connectivity index (χ4n) is 3.23. The Labute approximate surface area is 196 Å². The highest BCUT2D eigenvalue weighted by Gasteiger charge is 2.33. The van der Waals surface area contributed by atoms with Crippen molar-refractivity contribution in [3.63, 3.8) is 0 Å². The molecular weight excluding hydrogens is 480 g/mol. The van der Waals surface area contributed by atoms with Gasteiger partial charge in [-0.2, -0.15) is 13.2 Å². The first kappa shape index (κ1) is 22.8. The quantitative estimate of drug-likeness (QED) is 0.273. The maximum Gasteiger partial charge on any atom is 0.433 e. The summed E-state index contributed by atoms with van der Waals surface area (Å²) in [7, 11) is 1.88. The van der Waals surface area contributed by atoms with Crippen LogP contribution in [0, 0.1) is 0 Å². The zero-order valence-electron chi connectivity index (χ0n) is 16.7. The lowest BCUT2D eigenvalue weighted by atomic mass is 10.1. The van der Waals surface area contributed by atoms with Gasteiger partial charge in [0, 0.05) is 33.7 Å². The number of hydrogen-bond acceptors (Lipinski definition) is 4. The summed E-state index contributed by atoms with van der Waals surface area (Å²) in [5.74, 6) is 0. The zero-order valence-corrected chi connectivity index (χ0v) is 19.0. The van der Waals surface area contributed by atoms with Crippen LogP contribution >= 0.6 is 35.1 Å². The van der Waals surface area contributed by atoms with E-state index < -0.39 is 11.9 Å². The van der Waals surface area contributed by atoms with Gasteiger partial charge in [0.25, 0.3) is 0 Å². The van der Waals surface area contributed by atoms with Gasteiger partial charge in [-0.15, -0.1) is 0 Å². The Bertz CT molecular complexity index is 1270. The number of nitrogens with one attached hydrogen (secondary N) is 2. The molecule has 2 heterocycles. The lowest BCUT2D eigenvalue weighted by Crippen LogP contribution is -2.08. The van der Waals surface area contributed by atoms with Crippen LogP contribution in [0.25, 0.3) is 10.9 Å². The molecule has 10 heteroatoms. The van der Waals surface area contributed by atoms with Crippen molar-refractivity contribution in [3.8, 4) is 0 Å². The number of halogens is 5. The van der Waals surface area contributed by atoms with E-state index in [9.17, 15) is 13.2 Å². The van der Waals surface area contributed by atoms with E-state index in [1.54, 1.807) is 0 Å². The van der Waals surface area contributed by atoms with Gasteiger partial charge in [0.15, 0.2) is 5.15 Å². The number of nitrogens with zero attached hydrogens (tertiary/aromatic N) is 2. The molecule has 4 rings (SSSR count). The number of fused-ring (bicyclic) bond motifs is 1. The number of hydrogen-bond donors (Lipinski definition) is 2. The molecule has 0 saturated heterocycles. The van der Waals surface area contributed by atoms with Crippen LogP contribution in [0.4, 0.5) is 24.5 Å². The summed E-state index contributed by atoms with van der Waals surface area (Å²) >= 11 is 13.6. The van der Waals surface area contributed by atoms with Gasteiger partial charge >= 0.3 is 6.18 Å². The highest BCUT2D eigenvalue weighted by Crippen LogP contribution is 2.35. The number of rotatable bonds is 6. The highest BCUT2D eigenvalue weighted by molar-refractivity contribution is 7.98. The van der Waals surface area contributed by atoms with E-state index in [1.165, 1.54) is 18.0 Å². The van der Waals surface area contributed by atoms with Gasteiger partial charge < -0.3 is 10.6 Å². The molecule has 0 spiro atoms. The van der Waals surface area contributed by atoms with Crippen LogP contribution < -0.4 is 10.6 Å². The molecule has 0 bridgehead atoms. The number of aromatic nitrogens is 2. The fraction of sp³-hybridized carbons (Fsp3) is 0.136. The predicted octanol–water partition coefficient (Wildman–Crippen LogP) is 7.38. The van der Waals surface area contributed by atoms with Crippen LogP contribution in [0.15, 0.2) is 65.7 Å². The van der Waals surface area contributed by atoms with Gasteiger partial charge in [-0.05, 0) is 67.0 Å². The first-order chi connectivity index (χ1) is 15.2. The van der Waals surface area contributed by atoms with Gasteiger partial charge in [-0.3, -0.25) is 3.97 Å². The molecule has 0 atom stereocenters. The number of pyridine rings is 1. The van der Waals surface area contributed by atoms with Crippen LogP contribution in [-0.4, -0.2) is 16.0 Å². The first-order valence-electron chi connectivity index (χ1n) is 9.48. The molecule has 2 aromatic heterocycles. The molecule has 0 aliphatic carbocycles. The Morgan fingerprint density at radius 2 is 1.88 bits per heavy atom. The molecule has 4 aromatic rings. The summed E-state index contributed by atoms with van der Waals surface area (Å²) in [6, 6.07) is 15.5. The Kier molecular flexibility index (Phi) is 6.57. The summed E-state index contributed by atoms with van der Waals surface area (Å²) in [5, 5.41) is 7.68. The number of anilines is 2. The summed E-state index contributed by atoms with van der Waals surface area (Å²) in [5.41, 5.74) is 1.96. The molecule has 2 N–H and O–H groups in total. The molecule has 0 fully saturated rings. The highest BCUT2D eigenvalue weighted by atomic mass is 35.5. The summed E-state index contributed by atoms with van der Waals surface area (Å²) < 4.78 is 40.6. The van der Waals surface area contributed by atoms with Crippen LogP contribution in [-0.2, 0) is 12.7 Å². The lowest BCUT2D eigenvalue weighted by molar-refractivity contribution is -0.141. The van der Waals surface area contributed by atoms with E-state index >= 15 is 0 Å². The van der Waals surface area contributed by atoms with E-state index in [0.29, 0.717) is 17.3 Å². The van der Waals surface area contributed by atoms with Crippen molar-refractivity contribution < 1.29 is 13.2 Å². The number of alkyl halides is 3. The van der Waals surface area contributed by atoms with Gasteiger partial charge in [-0.25, -0.2) is 4.98 Å². The average molecular weight is 497 g/mol. The number of benzene rings is 2. The maximum atomic E-state index is 12.9. The van der Waals surface area contributed by atoms with Crippen molar-refractivity contribution in [1.29, 1.82) is 0 Å². The zero-order chi connectivity index (χ0) is 22.9. The smallest absolute Gasteiger partial charge is 0.353 e. The molecule has 0 amide bonds. The van der Waals surface area contributed by atoms with Crippen molar-refractivity contribution in [1.82, 2.24) is 14.3 Å². The second-order valence-corrected chi connectivity index (χ2v) is 8.79. The van der Waals surface area contributed by atoms with Gasteiger partial charge in [0.05, 0.1) is 11.2 Å². The molecule has 0 aliphatic rings. The van der Waals surface area contributed by atoms with Crippen molar-refractivity contribution in [2.24, 2.45) is 0 Å². The second-order valence-electron chi connectivity index (χ2n) is 6.95. The molecule has 0 saturated carbocycles. The first-order valence-corrected chi connectivity index (χ1v) is 11.0. The molecule has 32 heavy (non-hydrogen) atoms. The van der Waals surface area contributed by atoms with Crippen molar-refractivity contribution in [2.45, 2.75) is 17.6 Å². The van der Waals surface area contributed by atoms with Crippen LogP contribution in [0.3, 0.4) is 0 Å². The fourth-order valence-corrected chi connectivity index (χ4v) is 4.66. The standard InChI is InChI=1S/C22H17Cl2F3N4S/c1-28-11-13-12-31(32-16-4-2-3-14(23)9-16)19-10-15(5-6-17(13)19)29-18-7-8-20(22(25,26)27)30-21(18)24/h2-10,12,28-29H,11H2,1H3. The van der Waals surface area contributed by atoms with E-state index in [4.69, 9.17) is 23.2 Å². The Morgan fingerprint density at radius 3 is 2.56 bits per heavy atom. The predicted molar refractivity (Wildman–Crippen MR) is 125 cm³/mol. The molecule has 166 valence electrons. The second kappa shape index (κ2) is 9.23.